The zero-order valence-electron chi connectivity index (χ0n) is 8.68. The summed E-state index contributed by atoms with van der Waals surface area (Å²) in [6.45, 7) is 3.87. The van der Waals surface area contributed by atoms with Crippen molar-refractivity contribution in [2.24, 2.45) is 0 Å². The fourth-order valence-corrected chi connectivity index (χ4v) is 1.44. The van der Waals surface area contributed by atoms with Gasteiger partial charge in [-0.05, 0) is 13.8 Å². The number of halogens is 4. The van der Waals surface area contributed by atoms with Gasteiger partial charge in [0.1, 0.15) is 4.83 Å². The van der Waals surface area contributed by atoms with Gasteiger partial charge in [-0.1, -0.05) is 15.9 Å². The Kier molecular flexibility index (Phi) is 6.22. The van der Waals surface area contributed by atoms with Crippen molar-refractivity contribution in [3.05, 3.63) is 0 Å². The molecule has 0 radical (unpaired) electrons. The molecule has 0 heterocycles. The van der Waals surface area contributed by atoms with Crippen molar-refractivity contribution in [2.75, 3.05) is 13.1 Å². The second kappa shape index (κ2) is 6.33. The average Bonchev–Trinajstić information content (AvgIpc) is 2.09. The first-order valence-corrected chi connectivity index (χ1v) is 5.52. The summed E-state index contributed by atoms with van der Waals surface area (Å²) < 4.78 is 36.8. The first-order chi connectivity index (χ1) is 6.79. The van der Waals surface area contributed by atoms with Gasteiger partial charge < -0.3 is 0 Å². The molecular formula is C9H14BrF3N2. The molecule has 0 aliphatic heterocycles. The summed E-state index contributed by atoms with van der Waals surface area (Å²) in [5.41, 5.74) is 0. The zero-order chi connectivity index (χ0) is 12.1. The number of hydrogen-bond donors (Lipinski definition) is 0. The standard InChI is InChI=1S/C9H14BrF3N2/c1-7(2)15(5-3-4-14)6-8(10)9(11,12)13/h7-8H,3,5-6H2,1-2H3. The van der Waals surface area contributed by atoms with E-state index in [1.54, 1.807) is 4.90 Å². The van der Waals surface area contributed by atoms with Gasteiger partial charge in [0, 0.05) is 25.6 Å². The van der Waals surface area contributed by atoms with E-state index in [2.05, 4.69) is 15.9 Å². The Hall–Kier alpha value is -0.280. The van der Waals surface area contributed by atoms with Gasteiger partial charge in [-0.2, -0.15) is 18.4 Å². The van der Waals surface area contributed by atoms with Gasteiger partial charge in [-0.15, -0.1) is 0 Å². The summed E-state index contributed by atoms with van der Waals surface area (Å²) in [7, 11) is 0. The Morgan fingerprint density at radius 2 is 1.93 bits per heavy atom. The highest BCUT2D eigenvalue weighted by molar-refractivity contribution is 9.09. The minimum Gasteiger partial charge on any atom is -0.298 e. The van der Waals surface area contributed by atoms with Crippen LogP contribution in [0.4, 0.5) is 13.2 Å². The van der Waals surface area contributed by atoms with E-state index in [1.807, 2.05) is 19.9 Å². The van der Waals surface area contributed by atoms with E-state index in [1.165, 1.54) is 0 Å². The molecule has 0 aromatic heterocycles. The first-order valence-electron chi connectivity index (χ1n) is 4.60. The molecule has 0 bridgehead atoms. The Labute approximate surface area is 96.2 Å². The molecule has 15 heavy (non-hydrogen) atoms. The summed E-state index contributed by atoms with van der Waals surface area (Å²) >= 11 is 2.61. The van der Waals surface area contributed by atoms with Crippen LogP contribution >= 0.6 is 15.9 Å². The highest BCUT2D eigenvalue weighted by atomic mass is 79.9. The first kappa shape index (κ1) is 14.7. The van der Waals surface area contributed by atoms with E-state index in [-0.39, 0.29) is 19.0 Å². The molecular weight excluding hydrogens is 273 g/mol. The molecule has 0 aromatic carbocycles. The third-order valence-electron chi connectivity index (χ3n) is 1.99. The molecule has 0 saturated heterocycles. The fourth-order valence-electron chi connectivity index (χ4n) is 1.06. The van der Waals surface area contributed by atoms with E-state index < -0.39 is 11.0 Å². The van der Waals surface area contributed by atoms with Crippen molar-refractivity contribution in [3.63, 3.8) is 0 Å². The fraction of sp³-hybridized carbons (Fsp3) is 0.889. The van der Waals surface area contributed by atoms with Gasteiger partial charge in [-0.25, -0.2) is 0 Å². The summed E-state index contributed by atoms with van der Waals surface area (Å²) in [6.07, 6.45) is -3.99. The Bertz CT molecular complexity index is 222. The van der Waals surface area contributed by atoms with Gasteiger partial charge >= 0.3 is 6.18 Å². The SMILES string of the molecule is CC(C)N(CCC#N)CC(Br)C(F)(F)F. The number of alkyl halides is 4. The number of nitrogens with zero attached hydrogens (tertiary/aromatic N) is 2. The molecule has 6 heteroatoms. The van der Waals surface area contributed by atoms with Crippen LogP contribution < -0.4 is 0 Å². The van der Waals surface area contributed by atoms with Crippen molar-refractivity contribution in [2.45, 2.75) is 37.3 Å². The zero-order valence-corrected chi connectivity index (χ0v) is 10.3. The second-order valence-corrected chi connectivity index (χ2v) is 4.61. The van der Waals surface area contributed by atoms with E-state index in [0.29, 0.717) is 6.54 Å². The van der Waals surface area contributed by atoms with Crippen LogP contribution in [-0.4, -0.2) is 35.0 Å². The highest BCUT2D eigenvalue weighted by Crippen LogP contribution is 2.27. The minimum absolute atomic E-state index is 0.000694. The van der Waals surface area contributed by atoms with Crippen LogP contribution in [0.15, 0.2) is 0 Å². The van der Waals surface area contributed by atoms with Gasteiger partial charge in [0.25, 0.3) is 0 Å². The van der Waals surface area contributed by atoms with Gasteiger partial charge in [0.2, 0.25) is 0 Å². The lowest BCUT2D eigenvalue weighted by Crippen LogP contribution is -2.41. The molecule has 2 nitrogen and oxygen atoms in total. The van der Waals surface area contributed by atoms with E-state index in [9.17, 15) is 13.2 Å². The topological polar surface area (TPSA) is 27.0 Å². The molecule has 0 aromatic rings. The molecule has 0 aliphatic rings. The predicted octanol–water partition coefficient (Wildman–Crippen LogP) is 2.94. The van der Waals surface area contributed by atoms with Crippen molar-refractivity contribution in [1.82, 2.24) is 4.90 Å². The molecule has 1 unspecified atom stereocenters. The molecule has 0 aliphatic carbocycles. The smallest absolute Gasteiger partial charge is 0.298 e. The van der Waals surface area contributed by atoms with Crippen molar-refractivity contribution in [3.8, 4) is 6.07 Å². The van der Waals surface area contributed by atoms with Crippen LogP contribution in [0.25, 0.3) is 0 Å². The summed E-state index contributed by atoms with van der Waals surface area (Å²) in [5, 5.41) is 8.38. The summed E-state index contributed by atoms with van der Waals surface area (Å²) in [4.78, 5) is 0.0990. The lowest BCUT2D eigenvalue weighted by molar-refractivity contribution is -0.131. The summed E-state index contributed by atoms with van der Waals surface area (Å²) in [6, 6.07) is 1.93. The van der Waals surface area contributed by atoms with Crippen molar-refractivity contribution >= 4 is 15.9 Å². The molecule has 0 rings (SSSR count). The van der Waals surface area contributed by atoms with E-state index in [0.717, 1.165) is 0 Å². The van der Waals surface area contributed by atoms with Crippen molar-refractivity contribution in [1.29, 1.82) is 5.26 Å². The maximum absolute atomic E-state index is 12.3. The lowest BCUT2D eigenvalue weighted by Gasteiger charge is -2.28. The normalized spacial score (nSPS) is 14.3. The number of nitriles is 1. The maximum atomic E-state index is 12.3. The third-order valence-corrected chi connectivity index (χ3v) is 2.80. The van der Waals surface area contributed by atoms with Crippen LogP contribution in [0.1, 0.15) is 20.3 Å². The van der Waals surface area contributed by atoms with Gasteiger partial charge in [0.05, 0.1) is 6.07 Å². The molecule has 1 atom stereocenters. The van der Waals surface area contributed by atoms with Crippen LogP contribution in [0.2, 0.25) is 0 Å². The van der Waals surface area contributed by atoms with E-state index in [4.69, 9.17) is 5.26 Å². The molecule has 0 saturated carbocycles. The van der Waals surface area contributed by atoms with Crippen LogP contribution in [0.3, 0.4) is 0 Å². The Morgan fingerprint density at radius 3 is 2.27 bits per heavy atom. The monoisotopic (exact) mass is 286 g/mol. The second-order valence-electron chi connectivity index (χ2n) is 3.51. The molecule has 0 N–H and O–H groups in total. The van der Waals surface area contributed by atoms with Crippen LogP contribution in [-0.2, 0) is 0 Å². The number of hydrogen-bond acceptors (Lipinski definition) is 2. The molecule has 0 amide bonds. The van der Waals surface area contributed by atoms with Gasteiger partial charge in [0.15, 0.2) is 0 Å². The van der Waals surface area contributed by atoms with Crippen LogP contribution in [0.5, 0.6) is 0 Å². The molecule has 0 spiro atoms. The Morgan fingerprint density at radius 1 is 1.40 bits per heavy atom. The van der Waals surface area contributed by atoms with Crippen LogP contribution in [0, 0.1) is 11.3 Å². The lowest BCUT2D eigenvalue weighted by atomic mass is 10.2. The summed E-state index contributed by atoms with van der Waals surface area (Å²) in [5.74, 6) is 0. The molecule has 0 fully saturated rings. The van der Waals surface area contributed by atoms with Gasteiger partial charge in [-0.3, -0.25) is 4.90 Å². The maximum Gasteiger partial charge on any atom is 0.402 e. The average molecular weight is 287 g/mol. The van der Waals surface area contributed by atoms with Crippen molar-refractivity contribution < 1.29 is 13.2 Å². The third kappa shape index (κ3) is 6.00. The number of rotatable bonds is 5. The van der Waals surface area contributed by atoms with E-state index >= 15 is 0 Å². The minimum atomic E-state index is -4.24. The quantitative estimate of drug-likeness (QED) is 0.727. The Balaban J connectivity index is 4.23. The largest absolute Gasteiger partial charge is 0.402 e. The predicted molar refractivity (Wildman–Crippen MR) is 55.7 cm³/mol. The highest BCUT2D eigenvalue weighted by Gasteiger charge is 2.38. The molecule has 88 valence electrons.